The molecule has 0 fully saturated rings. The van der Waals surface area contributed by atoms with E-state index in [1.165, 1.54) is 29.5 Å². The van der Waals surface area contributed by atoms with E-state index in [9.17, 15) is 9.18 Å². The Hall–Kier alpha value is -2.93. The highest BCUT2D eigenvalue weighted by Gasteiger charge is 2.16. The van der Waals surface area contributed by atoms with Gasteiger partial charge in [0.25, 0.3) is 0 Å². The van der Waals surface area contributed by atoms with E-state index in [-0.39, 0.29) is 22.9 Å². The molecule has 1 heterocycles. The maximum absolute atomic E-state index is 13.2. The van der Waals surface area contributed by atoms with Crippen LogP contribution < -0.4 is 5.32 Å². The molecule has 0 saturated carbocycles. The van der Waals surface area contributed by atoms with E-state index in [1.807, 2.05) is 28.8 Å². The SMILES string of the molecule is C=CCn1c(SCC(=O)Nc2ccc(C(C)(C)C)cc2)nnc1-c1ccc(F)cc1. The van der Waals surface area contributed by atoms with Crippen LogP contribution in [-0.2, 0) is 16.8 Å². The lowest BCUT2D eigenvalue weighted by atomic mass is 9.87. The van der Waals surface area contributed by atoms with Crippen molar-refractivity contribution in [1.82, 2.24) is 14.8 Å². The predicted octanol–water partition coefficient (Wildman–Crippen LogP) is 5.30. The highest BCUT2D eigenvalue weighted by molar-refractivity contribution is 7.99. The number of allylic oxidation sites excluding steroid dienone is 1. The van der Waals surface area contributed by atoms with Crippen LogP contribution in [0.1, 0.15) is 26.3 Å². The number of aromatic nitrogens is 3. The van der Waals surface area contributed by atoms with E-state index in [0.717, 1.165) is 11.3 Å². The van der Waals surface area contributed by atoms with Gasteiger partial charge in [0.15, 0.2) is 11.0 Å². The van der Waals surface area contributed by atoms with Crippen LogP contribution in [0.25, 0.3) is 11.4 Å². The molecule has 1 amide bonds. The molecule has 0 aliphatic heterocycles. The Morgan fingerprint density at radius 3 is 2.40 bits per heavy atom. The van der Waals surface area contributed by atoms with E-state index in [2.05, 4.69) is 42.9 Å². The zero-order chi connectivity index (χ0) is 21.7. The van der Waals surface area contributed by atoms with Gasteiger partial charge in [-0.05, 0) is 47.4 Å². The minimum Gasteiger partial charge on any atom is -0.325 e. The largest absolute Gasteiger partial charge is 0.325 e. The number of nitrogens with one attached hydrogen (secondary N) is 1. The number of carbonyl (C=O) groups is 1. The zero-order valence-corrected chi connectivity index (χ0v) is 18.2. The van der Waals surface area contributed by atoms with Gasteiger partial charge in [0.05, 0.1) is 5.75 Å². The Bertz CT molecular complexity index is 1020. The lowest BCUT2D eigenvalue weighted by Crippen LogP contribution is -2.15. The van der Waals surface area contributed by atoms with Crippen molar-refractivity contribution in [1.29, 1.82) is 0 Å². The van der Waals surface area contributed by atoms with Crippen molar-refractivity contribution in [3.63, 3.8) is 0 Å². The van der Waals surface area contributed by atoms with Crippen LogP contribution in [0.5, 0.6) is 0 Å². The molecule has 1 aromatic heterocycles. The van der Waals surface area contributed by atoms with Crippen molar-refractivity contribution >= 4 is 23.4 Å². The van der Waals surface area contributed by atoms with Gasteiger partial charge >= 0.3 is 0 Å². The summed E-state index contributed by atoms with van der Waals surface area (Å²) in [6.07, 6.45) is 1.73. The summed E-state index contributed by atoms with van der Waals surface area (Å²) >= 11 is 1.30. The molecule has 0 unspecified atom stereocenters. The second kappa shape index (κ2) is 9.26. The molecule has 0 saturated heterocycles. The Labute approximate surface area is 180 Å². The fraction of sp³-hybridized carbons (Fsp3) is 0.261. The van der Waals surface area contributed by atoms with Crippen LogP contribution in [0.2, 0.25) is 0 Å². The smallest absolute Gasteiger partial charge is 0.234 e. The number of thioether (sulfide) groups is 1. The van der Waals surface area contributed by atoms with Crippen molar-refractivity contribution in [2.75, 3.05) is 11.1 Å². The second-order valence-corrected chi connectivity index (χ2v) is 8.82. The third-order valence-electron chi connectivity index (χ3n) is 4.50. The number of amides is 1. The summed E-state index contributed by atoms with van der Waals surface area (Å²) in [7, 11) is 0. The summed E-state index contributed by atoms with van der Waals surface area (Å²) < 4.78 is 15.1. The van der Waals surface area contributed by atoms with Crippen LogP contribution >= 0.6 is 11.8 Å². The van der Waals surface area contributed by atoms with E-state index >= 15 is 0 Å². The number of carbonyl (C=O) groups excluding carboxylic acids is 1. The molecule has 0 spiro atoms. The average Bonchev–Trinajstić information content (AvgIpc) is 3.10. The molecule has 1 N–H and O–H groups in total. The summed E-state index contributed by atoms with van der Waals surface area (Å²) in [5.74, 6) is 0.366. The van der Waals surface area contributed by atoms with E-state index in [1.54, 1.807) is 18.2 Å². The molecule has 5 nitrogen and oxygen atoms in total. The van der Waals surface area contributed by atoms with Crippen molar-refractivity contribution in [2.45, 2.75) is 37.9 Å². The Morgan fingerprint density at radius 2 is 1.80 bits per heavy atom. The van der Waals surface area contributed by atoms with Gasteiger partial charge in [0, 0.05) is 17.8 Å². The maximum atomic E-state index is 13.2. The topological polar surface area (TPSA) is 59.8 Å². The van der Waals surface area contributed by atoms with Gasteiger partial charge in [-0.25, -0.2) is 4.39 Å². The van der Waals surface area contributed by atoms with Crippen LogP contribution in [0, 0.1) is 5.82 Å². The van der Waals surface area contributed by atoms with Gasteiger partial charge in [-0.15, -0.1) is 16.8 Å². The molecule has 156 valence electrons. The second-order valence-electron chi connectivity index (χ2n) is 7.88. The Morgan fingerprint density at radius 1 is 1.13 bits per heavy atom. The summed E-state index contributed by atoms with van der Waals surface area (Å²) in [4.78, 5) is 12.4. The monoisotopic (exact) mass is 424 g/mol. The minimum atomic E-state index is -0.310. The molecule has 3 rings (SSSR count). The minimum absolute atomic E-state index is 0.0653. The summed E-state index contributed by atoms with van der Waals surface area (Å²) in [5, 5.41) is 11.9. The van der Waals surface area contributed by atoms with Crippen LogP contribution in [0.4, 0.5) is 10.1 Å². The first-order valence-corrected chi connectivity index (χ1v) is 10.6. The first kappa shape index (κ1) is 21.8. The molecular formula is C23H25FN4OS. The molecule has 30 heavy (non-hydrogen) atoms. The molecule has 0 aliphatic rings. The van der Waals surface area contributed by atoms with Crippen LogP contribution in [0.15, 0.2) is 66.3 Å². The molecule has 0 aliphatic carbocycles. The molecule has 0 radical (unpaired) electrons. The maximum Gasteiger partial charge on any atom is 0.234 e. The number of hydrogen-bond donors (Lipinski definition) is 1. The molecule has 2 aromatic carbocycles. The third-order valence-corrected chi connectivity index (χ3v) is 5.46. The number of benzene rings is 2. The van der Waals surface area contributed by atoms with Gasteiger partial charge in [-0.1, -0.05) is 50.7 Å². The van der Waals surface area contributed by atoms with Gasteiger partial charge in [-0.2, -0.15) is 0 Å². The predicted molar refractivity (Wildman–Crippen MR) is 120 cm³/mol. The van der Waals surface area contributed by atoms with Gasteiger partial charge in [0.1, 0.15) is 5.82 Å². The number of anilines is 1. The fourth-order valence-corrected chi connectivity index (χ4v) is 3.63. The Balaban J connectivity index is 1.67. The van der Waals surface area contributed by atoms with Crippen molar-refractivity contribution < 1.29 is 9.18 Å². The van der Waals surface area contributed by atoms with E-state index in [0.29, 0.717) is 17.5 Å². The van der Waals surface area contributed by atoms with Crippen molar-refractivity contribution in [3.05, 3.63) is 72.6 Å². The summed E-state index contributed by atoms with van der Waals surface area (Å²) in [6, 6.07) is 14.0. The van der Waals surface area contributed by atoms with Crippen LogP contribution in [-0.4, -0.2) is 26.4 Å². The highest BCUT2D eigenvalue weighted by atomic mass is 32.2. The average molecular weight is 425 g/mol. The summed E-state index contributed by atoms with van der Waals surface area (Å²) in [5.41, 5.74) is 2.78. The fourth-order valence-electron chi connectivity index (χ4n) is 2.88. The molecule has 7 heteroatoms. The molecule has 0 atom stereocenters. The highest BCUT2D eigenvalue weighted by Crippen LogP contribution is 2.26. The van der Waals surface area contributed by atoms with E-state index in [4.69, 9.17) is 0 Å². The standard InChI is InChI=1S/C23H25FN4OS/c1-5-14-28-21(16-6-10-18(24)11-7-16)26-27-22(28)30-15-20(29)25-19-12-8-17(9-13-19)23(2,3)4/h5-13H,1,14-15H2,2-4H3,(H,25,29). The number of rotatable bonds is 7. The first-order valence-electron chi connectivity index (χ1n) is 9.61. The van der Waals surface area contributed by atoms with Crippen molar-refractivity contribution in [3.8, 4) is 11.4 Å². The van der Waals surface area contributed by atoms with Gasteiger partial charge in [0.2, 0.25) is 5.91 Å². The number of halogens is 1. The number of nitrogens with zero attached hydrogens (tertiary/aromatic N) is 3. The molecule has 0 bridgehead atoms. The third kappa shape index (κ3) is 5.36. The van der Waals surface area contributed by atoms with Crippen molar-refractivity contribution in [2.24, 2.45) is 0 Å². The number of hydrogen-bond acceptors (Lipinski definition) is 4. The Kier molecular flexibility index (Phi) is 6.72. The normalized spacial score (nSPS) is 11.3. The lowest BCUT2D eigenvalue weighted by Gasteiger charge is -2.19. The zero-order valence-electron chi connectivity index (χ0n) is 17.4. The lowest BCUT2D eigenvalue weighted by molar-refractivity contribution is -0.113. The first-order chi connectivity index (χ1) is 14.3. The quantitative estimate of drug-likeness (QED) is 0.413. The summed E-state index contributed by atoms with van der Waals surface area (Å²) in [6.45, 7) is 10.7. The molecular weight excluding hydrogens is 399 g/mol. The molecule has 3 aromatic rings. The van der Waals surface area contributed by atoms with Gasteiger partial charge < -0.3 is 5.32 Å². The van der Waals surface area contributed by atoms with E-state index < -0.39 is 0 Å². The van der Waals surface area contributed by atoms with Gasteiger partial charge in [-0.3, -0.25) is 9.36 Å². The van der Waals surface area contributed by atoms with Crippen LogP contribution in [0.3, 0.4) is 0 Å².